The number of nitrogens with one attached hydrogen (secondary N) is 1. The van der Waals surface area contributed by atoms with E-state index in [4.69, 9.17) is 0 Å². The van der Waals surface area contributed by atoms with Crippen LogP contribution in [-0.4, -0.2) is 59.9 Å². The fourth-order valence-corrected chi connectivity index (χ4v) is 6.10. The average molecular weight is 493 g/mol. The van der Waals surface area contributed by atoms with Gasteiger partial charge in [0.2, 0.25) is 10.0 Å². The van der Waals surface area contributed by atoms with Gasteiger partial charge in [0, 0.05) is 37.5 Å². The molecule has 1 aliphatic rings. The molecule has 2 aromatic heterocycles. The summed E-state index contributed by atoms with van der Waals surface area (Å²) in [6.07, 6.45) is 3.26. The van der Waals surface area contributed by atoms with Gasteiger partial charge in [0.25, 0.3) is 0 Å². The highest BCUT2D eigenvalue weighted by atomic mass is 32.2. The number of hydrogen-bond acceptors (Lipinski definition) is 6. The number of phenolic OH excluding ortho intramolecular Hbond substituents is 1. The van der Waals surface area contributed by atoms with Crippen LogP contribution >= 0.6 is 0 Å². The number of piperidine rings is 1. The number of para-hydroxylation sites is 1. The predicted molar refractivity (Wildman–Crippen MR) is 135 cm³/mol. The van der Waals surface area contributed by atoms with Crippen molar-refractivity contribution in [3.63, 3.8) is 0 Å². The molecule has 1 unspecified atom stereocenters. The van der Waals surface area contributed by atoms with Crippen molar-refractivity contribution in [1.29, 1.82) is 0 Å². The Labute approximate surface area is 203 Å². The minimum absolute atomic E-state index is 0.0266. The number of anilines is 1. The molecule has 4 aromatic rings. The molecule has 3 heterocycles. The van der Waals surface area contributed by atoms with Crippen molar-refractivity contribution in [3.8, 4) is 17.0 Å². The summed E-state index contributed by atoms with van der Waals surface area (Å²) in [5, 5.41) is 18.2. The molecule has 1 fully saturated rings. The minimum atomic E-state index is -3.91. The van der Waals surface area contributed by atoms with Crippen molar-refractivity contribution in [2.75, 3.05) is 25.0 Å². The number of halogens is 1. The lowest BCUT2D eigenvalue weighted by Crippen LogP contribution is -2.42. The molecule has 11 heteroatoms. The number of phenols is 1. The van der Waals surface area contributed by atoms with Crippen LogP contribution in [0.15, 0.2) is 65.7 Å². The lowest BCUT2D eigenvalue weighted by molar-refractivity contribution is 0.274. The van der Waals surface area contributed by atoms with Crippen molar-refractivity contribution >= 4 is 34.8 Å². The third-order valence-electron chi connectivity index (χ3n) is 6.34. The first-order chi connectivity index (χ1) is 16.8. The van der Waals surface area contributed by atoms with Crippen LogP contribution in [0, 0.1) is 11.7 Å². The van der Waals surface area contributed by atoms with Gasteiger partial charge < -0.3 is 10.4 Å². The van der Waals surface area contributed by atoms with E-state index in [1.54, 1.807) is 28.9 Å². The Morgan fingerprint density at radius 1 is 1.17 bits per heavy atom. The zero-order chi connectivity index (χ0) is 24.6. The van der Waals surface area contributed by atoms with Crippen LogP contribution in [0.2, 0.25) is 0 Å². The maximum absolute atomic E-state index is 14.2. The normalized spacial score (nSPS) is 17.0. The van der Waals surface area contributed by atoms with E-state index >= 15 is 0 Å². The molecular weight excluding hydrogens is 468 g/mol. The first-order valence-electron chi connectivity index (χ1n) is 11.5. The first-order valence-corrected chi connectivity index (χ1v) is 12.9. The molecule has 1 saturated heterocycles. The van der Waals surface area contributed by atoms with Gasteiger partial charge in [0.1, 0.15) is 30.1 Å². The van der Waals surface area contributed by atoms with E-state index in [0.29, 0.717) is 48.8 Å². The van der Waals surface area contributed by atoms with Crippen molar-refractivity contribution in [2.45, 2.75) is 17.7 Å². The van der Waals surface area contributed by atoms with E-state index in [1.165, 1.54) is 28.6 Å². The molecule has 2 N–H and O–H groups in total. The smallest absolute Gasteiger partial charge is 0.245 e. The molecule has 0 radical (unpaired) electrons. The number of fused-ring (bicyclic) bond motifs is 1. The largest absolute Gasteiger partial charge is 0.507 e. The number of sulfonamides is 1. The van der Waals surface area contributed by atoms with Gasteiger partial charge in [0.05, 0.1) is 5.69 Å². The number of hydrogen-bond donors (Lipinski definition) is 2. The zero-order valence-corrected chi connectivity index (χ0v) is 20.0. The maximum Gasteiger partial charge on any atom is 0.245 e. The van der Waals surface area contributed by atoms with E-state index in [0.717, 1.165) is 11.9 Å². The van der Waals surface area contributed by atoms with E-state index in [9.17, 15) is 17.9 Å². The molecule has 5 rings (SSSR count). The highest BCUT2D eigenvalue weighted by Gasteiger charge is 2.32. The van der Waals surface area contributed by atoms with Crippen LogP contribution < -0.4 is 10.8 Å². The Kier molecular flexibility index (Phi) is 6.20. The summed E-state index contributed by atoms with van der Waals surface area (Å²) < 4.78 is 43.4. The van der Waals surface area contributed by atoms with Gasteiger partial charge in [-0.3, -0.25) is 0 Å². The minimum Gasteiger partial charge on any atom is -0.507 e. The Hall–Kier alpha value is -3.44. The second-order valence-electron chi connectivity index (χ2n) is 8.79. The van der Waals surface area contributed by atoms with Crippen LogP contribution in [0.4, 0.5) is 10.2 Å². The second kappa shape index (κ2) is 9.31. The lowest BCUT2D eigenvalue weighted by atomic mass is 9.99. The SMILES string of the molecule is Bc1cnn2c(NCC3CCCN(S(=O)(=O)c4ccccc4F)C3)cc(-c3ccccc3O)nc12. The predicted octanol–water partition coefficient (Wildman–Crippen LogP) is 2.01. The van der Waals surface area contributed by atoms with Gasteiger partial charge in [0.15, 0.2) is 5.65 Å². The zero-order valence-electron chi connectivity index (χ0n) is 19.2. The summed E-state index contributed by atoms with van der Waals surface area (Å²) in [7, 11) is -2.00. The monoisotopic (exact) mass is 493 g/mol. The van der Waals surface area contributed by atoms with E-state index in [1.807, 2.05) is 20.0 Å². The molecule has 35 heavy (non-hydrogen) atoms. The van der Waals surface area contributed by atoms with Crippen molar-refractivity contribution in [3.05, 3.63) is 66.6 Å². The second-order valence-corrected chi connectivity index (χ2v) is 10.7. The third-order valence-corrected chi connectivity index (χ3v) is 8.23. The van der Waals surface area contributed by atoms with Crippen molar-refractivity contribution in [1.82, 2.24) is 18.9 Å². The molecular formula is C24H25BFN5O3S. The van der Waals surface area contributed by atoms with Gasteiger partial charge in [-0.25, -0.2) is 17.8 Å². The van der Waals surface area contributed by atoms with E-state index in [-0.39, 0.29) is 16.6 Å². The average Bonchev–Trinajstić information content (AvgIpc) is 3.24. The summed E-state index contributed by atoms with van der Waals surface area (Å²) in [5.74, 6) is 0.112. The molecule has 0 aliphatic carbocycles. The fraction of sp³-hybridized carbons (Fsp3) is 0.250. The van der Waals surface area contributed by atoms with E-state index in [2.05, 4.69) is 15.4 Å². The Bertz CT molecular complexity index is 1490. The molecule has 8 nitrogen and oxygen atoms in total. The maximum atomic E-state index is 14.2. The molecule has 1 atom stereocenters. The van der Waals surface area contributed by atoms with Crippen LogP contribution in [0.5, 0.6) is 5.75 Å². The summed E-state index contributed by atoms with van der Waals surface area (Å²) in [6, 6.07) is 14.3. The third kappa shape index (κ3) is 4.49. The standard InChI is InChI=1S/C24H25BFN5O3S/c25-18-14-28-31-23(12-20(29-24(18)31)17-7-1-3-9-21(17)32)27-13-16-6-5-11-30(15-16)35(33,34)22-10-4-2-8-19(22)26/h1-4,7-10,12,14,16,27,32H,5-6,11,13,15,25H2. The number of benzene rings is 2. The van der Waals surface area contributed by atoms with Crippen LogP contribution in [0.25, 0.3) is 16.9 Å². The van der Waals surface area contributed by atoms with Crippen LogP contribution in [-0.2, 0) is 10.0 Å². The number of rotatable bonds is 6. The topological polar surface area (TPSA) is 99.8 Å². The van der Waals surface area contributed by atoms with Gasteiger partial charge in [-0.1, -0.05) is 24.3 Å². The quantitative estimate of drug-likeness (QED) is 0.399. The highest BCUT2D eigenvalue weighted by Crippen LogP contribution is 2.30. The molecule has 0 spiro atoms. The van der Waals surface area contributed by atoms with Crippen LogP contribution in [0.3, 0.4) is 0 Å². The summed E-state index contributed by atoms with van der Waals surface area (Å²) in [6.45, 7) is 1.16. The van der Waals surface area contributed by atoms with Gasteiger partial charge in [-0.2, -0.15) is 13.9 Å². The summed E-state index contributed by atoms with van der Waals surface area (Å²) in [4.78, 5) is 4.40. The fourth-order valence-electron chi connectivity index (χ4n) is 4.48. The Morgan fingerprint density at radius 2 is 1.94 bits per heavy atom. The summed E-state index contributed by atoms with van der Waals surface area (Å²) >= 11 is 0. The van der Waals surface area contributed by atoms with Crippen molar-refractivity contribution in [2.24, 2.45) is 5.92 Å². The molecule has 0 amide bonds. The van der Waals surface area contributed by atoms with Crippen molar-refractivity contribution < 1.29 is 17.9 Å². The number of aromatic hydroxyl groups is 1. The molecule has 0 bridgehead atoms. The molecule has 2 aromatic carbocycles. The number of aromatic nitrogens is 3. The molecule has 1 aliphatic heterocycles. The Balaban J connectivity index is 1.39. The van der Waals surface area contributed by atoms with Gasteiger partial charge >= 0.3 is 0 Å². The molecule has 0 saturated carbocycles. The summed E-state index contributed by atoms with van der Waals surface area (Å²) in [5.41, 5.74) is 2.78. The molecule has 180 valence electrons. The van der Waals surface area contributed by atoms with Crippen LogP contribution in [0.1, 0.15) is 12.8 Å². The van der Waals surface area contributed by atoms with Gasteiger partial charge in [-0.15, -0.1) is 0 Å². The highest BCUT2D eigenvalue weighted by molar-refractivity contribution is 7.89. The first kappa shape index (κ1) is 23.3. The Morgan fingerprint density at radius 3 is 2.74 bits per heavy atom. The number of nitrogens with zero attached hydrogens (tertiary/aromatic N) is 4. The lowest BCUT2D eigenvalue weighted by Gasteiger charge is -2.32. The van der Waals surface area contributed by atoms with Gasteiger partial charge in [-0.05, 0) is 48.5 Å². The van der Waals surface area contributed by atoms with E-state index < -0.39 is 15.8 Å².